The summed E-state index contributed by atoms with van der Waals surface area (Å²) < 4.78 is 5.22. The lowest BCUT2D eigenvalue weighted by Gasteiger charge is -2.47. The van der Waals surface area contributed by atoms with Crippen molar-refractivity contribution >= 4 is 5.91 Å². The molecule has 0 aliphatic carbocycles. The fourth-order valence-electron chi connectivity index (χ4n) is 3.70. The largest absolute Gasteiger partial charge is 0.497 e. The first kappa shape index (κ1) is 18.4. The van der Waals surface area contributed by atoms with Crippen molar-refractivity contribution in [2.75, 3.05) is 34.3 Å². The summed E-state index contributed by atoms with van der Waals surface area (Å²) in [6.45, 7) is 0.972. The van der Waals surface area contributed by atoms with Crippen LogP contribution >= 0.6 is 0 Å². The maximum Gasteiger partial charge on any atom is 0.254 e. The number of nitrogens with zero attached hydrogens (tertiary/aromatic N) is 2. The highest BCUT2D eigenvalue weighted by molar-refractivity contribution is 5.94. The van der Waals surface area contributed by atoms with Gasteiger partial charge in [0.25, 0.3) is 5.91 Å². The number of methoxy groups -OCH3 is 1. The highest BCUT2D eigenvalue weighted by Gasteiger charge is 2.45. The number of amides is 1. The van der Waals surface area contributed by atoms with Crippen LogP contribution in [-0.2, 0) is 5.60 Å². The molecule has 1 N–H and O–H groups in total. The fourth-order valence-corrected chi connectivity index (χ4v) is 3.70. The van der Waals surface area contributed by atoms with Gasteiger partial charge in [-0.25, -0.2) is 0 Å². The van der Waals surface area contributed by atoms with Crippen molar-refractivity contribution in [1.29, 1.82) is 0 Å². The van der Waals surface area contributed by atoms with Gasteiger partial charge in [0.15, 0.2) is 0 Å². The van der Waals surface area contributed by atoms with Crippen LogP contribution in [0.2, 0.25) is 0 Å². The van der Waals surface area contributed by atoms with E-state index in [0.29, 0.717) is 30.8 Å². The zero-order chi connectivity index (χ0) is 18.7. The number of rotatable bonds is 4. The fraction of sp³-hybridized carbons (Fsp3) is 0.381. The van der Waals surface area contributed by atoms with Crippen LogP contribution in [0.5, 0.6) is 5.75 Å². The Kier molecular flexibility index (Phi) is 5.30. The van der Waals surface area contributed by atoms with Gasteiger partial charge in [0.1, 0.15) is 11.4 Å². The van der Waals surface area contributed by atoms with Crippen molar-refractivity contribution in [2.24, 2.45) is 0 Å². The predicted molar refractivity (Wildman–Crippen MR) is 101 cm³/mol. The Morgan fingerprint density at radius 2 is 1.92 bits per heavy atom. The van der Waals surface area contributed by atoms with E-state index in [2.05, 4.69) is 0 Å². The predicted octanol–water partition coefficient (Wildman–Crippen LogP) is 2.36. The smallest absolute Gasteiger partial charge is 0.254 e. The molecule has 1 aliphatic heterocycles. The molecule has 1 heterocycles. The zero-order valence-electron chi connectivity index (χ0n) is 15.6. The number of carbonyl (C=O) groups excluding carboxylic acids is 1. The number of hydrogen-bond donors (Lipinski definition) is 1. The second-order valence-electron chi connectivity index (χ2n) is 7.00. The van der Waals surface area contributed by atoms with Gasteiger partial charge >= 0.3 is 0 Å². The number of aliphatic hydroxyl groups is 1. The van der Waals surface area contributed by atoms with Gasteiger partial charge in [0, 0.05) is 18.7 Å². The van der Waals surface area contributed by atoms with Crippen LogP contribution < -0.4 is 4.74 Å². The molecule has 0 spiro atoms. The number of likely N-dealkylation sites (N-methyl/N-ethyl adjacent to an activating group) is 1. The van der Waals surface area contributed by atoms with Gasteiger partial charge in [-0.3, -0.25) is 4.79 Å². The number of likely N-dealkylation sites (tertiary alicyclic amines) is 1. The average molecular weight is 354 g/mol. The molecule has 2 aromatic carbocycles. The molecule has 3 rings (SSSR count). The molecule has 0 saturated carbocycles. The van der Waals surface area contributed by atoms with E-state index in [1.807, 2.05) is 66.4 Å². The minimum Gasteiger partial charge on any atom is -0.497 e. The Morgan fingerprint density at radius 3 is 2.58 bits per heavy atom. The van der Waals surface area contributed by atoms with Crippen molar-refractivity contribution < 1.29 is 14.6 Å². The second kappa shape index (κ2) is 7.48. The monoisotopic (exact) mass is 354 g/mol. The summed E-state index contributed by atoms with van der Waals surface area (Å²) in [4.78, 5) is 16.8. The molecule has 5 nitrogen and oxygen atoms in total. The molecule has 26 heavy (non-hydrogen) atoms. The molecule has 0 aromatic heterocycles. The Bertz CT molecular complexity index is 763. The van der Waals surface area contributed by atoms with E-state index >= 15 is 0 Å². The first-order chi connectivity index (χ1) is 12.5. The van der Waals surface area contributed by atoms with Gasteiger partial charge in [-0.1, -0.05) is 36.4 Å². The molecule has 1 saturated heterocycles. The third kappa shape index (κ3) is 3.45. The molecule has 0 bridgehead atoms. The highest BCUT2D eigenvalue weighted by atomic mass is 16.5. The van der Waals surface area contributed by atoms with Crippen LogP contribution in [0.4, 0.5) is 0 Å². The summed E-state index contributed by atoms with van der Waals surface area (Å²) in [5, 5.41) is 11.4. The lowest BCUT2D eigenvalue weighted by molar-refractivity contribution is -0.0810. The Balaban J connectivity index is 1.85. The van der Waals surface area contributed by atoms with E-state index in [1.54, 1.807) is 19.2 Å². The van der Waals surface area contributed by atoms with Crippen LogP contribution in [0.25, 0.3) is 0 Å². The van der Waals surface area contributed by atoms with E-state index in [9.17, 15) is 9.90 Å². The van der Waals surface area contributed by atoms with Crippen molar-refractivity contribution in [3.05, 3.63) is 65.7 Å². The first-order valence-electron chi connectivity index (χ1n) is 8.83. The SMILES string of the molecule is COc1cccc(C(=O)N2CC[C@](O)(c3ccccc3)[C@H](N(C)C)C2)c1. The standard InChI is InChI=1S/C21H26N2O3/c1-22(2)19-15-23(20(24)16-8-7-11-18(14-16)26-3)13-12-21(19,25)17-9-5-4-6-10-17/h4-11,14,19,25H,12-13,15H2,1-3H3/t19-,21+/m1/s1. The number of benzene rings is 2. The number of ether oxygens (including phenoxy) is 1. The van der Waals surface area contributed by atoms with E-state index < -0.39 is 5.60 Å². The van der Waals surface area contributed by atoms with Gasteiger partial charge in [0.05, 0.1) is 13.2 Å². The van der Waals surface area contributed by atoms with Crippen molar-refractivity contribution in [2.45, 2.75) is 18.1 Å². The molecular weight excluding hydrogens is 328 g/mol. The Hall–Kier alpha value is -2.37. The summed E-state index contributed by atoms with van der Waals surface area (Å²) in [5.74, 6) is 0.628. The molecular formula is C21H26N2O3. The van der Waals surface area contributed by atoms with Gasteiger partial charge in [-0.2, -0.15) is 0 Å². The van der Waals surface area contributed by atoms with Crippen molar-refractivity contribution in [3.63, 3.8) is 0 Å². The molecule has 1 fully saturated rings. The highest BCUT2D eigenvalue weighted by Crippen LogP contribution is 2.35. The molecule has 2 atom stereocenters. The van der Waals surface area contributed by atoms with Crippen molar-refractivity contribution in [1.82, 2.24) is 9.80 Å². The average Bonchev–Trinajstić information content (AvgIpc) is 2.68. The van der Waals surface area contributed by atoms with Crippen molar-refractivity contribution in [3.8, 4) is 5.75 Å². The van der Waals surface area contributed by atoms with Gasteiger partial charge in [0.2, 0.25) is 0 Å². The van der Waals surface area contributed by atoms with E-state index in [1.165, 1.54) is 0 Å². The van der Waals surface area contributed by atoms with E-state index in [4.69, 9.17) is 4.74 Å². The maximum absolute atomic E-state index is 13.0. The molecule has 5 heteroatoms. The molecule has 0 radical (unpaired) electrons. The first-order valence-corrected chi connectivity index (χ1v) is 8.83. The lowest BCUT2D eigenvalue weighted by Crippen LogP contribution is -2.60. The summed E-state index contributed by atoms with van der Waals surface area (Å²) in [6.07, 6.45) is 0.496. The Labute approximate surface area is 154 Å². The minimum atomic E-state index is -0.976. The topological polar surface area (TPSA) is 53.0 Å². The van der Waals surface area contributed by atoms with Crippen LogP contribution in [0.15, 0.2) is 54.6 Å². The van der Waals surface area contributed by atoms with E-state index in [-0.39, 0.29) is 11.9 Å². The summed E-state index contributed by atoms with van der Waals surface area (Å²) in [6, 6.07) is 16.7. The number of piperidine rings is 1. The molecule has 1 aliphatic rings. The second-order valence-corrected chi connectivity index (χ2v) is 7.00. The quantitative estimate of drug-likeness (QED) is 0.916. The minimum absolute atomic E-state index is 0.0362. The summed E-state index contributed by atoms with van der Waals surface area (Å²) in [5.41, 5.74) is 0.523. The summed E-state index contributed by atoms with van der Waals surface area (Å²) in [7, 11) is 5.47. The number of hydrogen-bond acceptors (Lipinski definition) is 4. The van der Waals surface area contributed by atoms with E-state index in [0.717, 1.165) is 5.56 Å². The summed E-state index contributed by atoms with van der Waals surface area (Å²) >= 11 is 0. The van der Waals surface area contributed by atoms with Gasteiger partial charge < -0.3 is 19.6 Å². The molecule has 2 aromatic rings. The normalized spacial score (nSPS) is 23.1. The molecule has 0 unspecified atom stereocenters. The molecule has 1 amide bonds. The Morgan fingerprint density at radius 1 is 1.19 bits per heavy atom. The van der Waals surface area contributed by atoms with Crippen LogP contribution in [0.1, 0.15) is 22.3 Å². The molecule has 138 valence electrons. The van der Waals surface area contributed by atoms with Gasteiger partial charge in [-0.15, -0.1) is 0 Å². The maximum atomic E-state index is 13.0. The van der Waals surface area contributed by atoms with Crippen LogP contribution in [0.3, 0.4) is 0 Å². The lowest BCUT2D eigenvalue weighted by atomic mass is 9.79. The van der Waals surface area contributed by atoms with Gasteiger partial charge in [-0.05, 0) is 44.3 Å². The third-order valence-corrected chi connectivity index (χ3v) is 5.21. The zero-order valence-corrected chi connectivity index (χ0v) is 15.6. The van der Waals surface area contributed by atoms with Crippen LogP contribution in [0, 0.1) is 0 Å². The number of carbonyl (C=O) groups is 1. The van der Waals surface area contributed by atoms with Crippen LogP contribution in [-0.4, -0.2) is 61.2 Å². The third-order valence-electron chi connectivity index (χ3n) is 5.21.